The van der Waals surface area contributed by atoms with E-state index in [0.717, 1.165) is 5.82 Å². The van der Waals surface area contributed by atoms with Gasteiger partial charge in [0.15, 0.2) is 0 Å². The molecule has 1 N–H and O–H groups in total. The summed E-state index contributed by atoms with van der Waals surface area (Å²) in [5.41, 5.74) is -0.573. The highest BCUT2D eigenvalue weighted by Gasteiger charge is 2.38. The van der Waals surface area contributed by atoms with E-state index >= 15 is 0 Å². The summed E-state index contributed by atoms with van der Waals surface area (Å²) in [5, 5.41) is 11.0. The summed E-state index contributed by atoms with van der Waals surface area (Å²) in [6, 6.07) is 9.10. The first kappa shape index (κ1) is 18.1. The quantitative estimate of drug-likeness (QED) is 0.847. The third-order valence-corrected chi connectivity index (χ3v) is 4.47. The number of hydrogen-bond acceptors (Lipinski definition) is 6. The van der Waals surface area contributed by atoms with Gasteiger partial charge in [0.2, 0.25) is 5.88 Å². The summed E-state index contributed by atoms with van der Waals surface area (Å²) >= 11 is 0. The van der Waals surface area contributed by atoms with Crippen LogP contribution in [0.25, 0.3) is 0 Å². The molecule has 2 aromatic heterocycles. The number of nitrogens with zero attached hydrogens (tertiary/aromatic N) is 4. The first-order chi connectivity index (χ1) is 12.5. The number of pyridine rings is 2. The molecular formula is C19H24N4O3. The van der Waals surface area contributed by atoms with E-state index in [-0.39, 0.29) is 12.5 Å². The Balaban J connectivity index is 1.68. The fourth-order valence-corrected chi connectivity index (χ4v) is 3.25. The van der Waals surface area contributed by atoms with Crippen molar-refractivity contribution in [2.24, 2.45) is 0 Å². The Morgan fingerprint density at radius 2 is 2.12 bits per heavy atom. The number of amides is 1. The smallest absolute Gasteiger partial charge is 0.259 e. The molecule has 26 heavy (non-hydrogen) atoms. The van der Waals surface area contributed by atoms with Crippen LogP contribution in [-0.2, 0) is 0 Å². The van der Waals surface area contributed by atoms with Crippen LogP contribution in [0.5, 0.6) is 5.88 Å². The highest BCUT2D eigenvalue weighted by molar-refractivity contribution is 5.96. The lowest BCUT2D eigenvalue weighted by atomic mass is 10.0. The molecule has 0 radical (unpaired) electrons. The van der Waals surface area contributed by atoms with Crippen LogP contribution < -0.4 is 9.64 Å². The Morgan fingerprint density at radius 1 is 1.31 bits per heavy atom. The summed E-state index contributed by atoms with van der Waals surface area (Å²) in [6.07, 6.45) is 3.91. The van der Waals surface area contributed by atoms with Crippen LogP contribution in [0.1, 0.15) is 23.7 Å². The van der Waals surface area contributed by atoms with Crippen LogP contribution in [0.3, 0.4) is 0 Å². The second-order valence-electron chi connectivity index (χ2n) is 6.53. The number of aromatic nitrogens is 2. The molecule has 1 amide bonds. The van der Waals surface area contributed by atoms with Crippen LogP contribution >= 0.6 is 0 Å². The van der Waals surface area contributed by atoms with Gasteiger partial charge >= 0.3 is 0 Å². The summed E-state index contributed by atoms with van der Waals surface area (Å²) in [6.45, 7) is 3.65. The maximum absolute atomic E-state index is 12.8. The minimum Gasteiger partial charge on any atom is -0.477 e. The molecule has 3 heterocycles. The van der Waals surface area contributed by atoms with Crippen molar-refractivity contribution >= 4 is 11.7 Å². The molecule has 0 aliphatic carbocycles. The van der Waals surface area contributed by atoms with Crippen LogP contribution in [0.2, 0.25) is 0 Å². The van der Waals surface area contributed by atoms with E-state index in [9.17, 15) is 9.90 Å². The fraction of sp³-hybridized carbons (Fsp3) is 0.421. The highest BCUT2D eigenvalue weighted by Crippen LogP contribution is 2.27. The Bertz CT molecular complexity index is 755. The molecule has 0 unspecified atom stereocenters. The highest BCUT2D eigenvalue weighted by atomic mass is 16.5. The standard InChI is InChI=1S/C19H24N4O3/c1-3-26-17-15(7-6-11-21-17)18(24)22(2)13-19(25)9-12-23(14-19)16-8-4-5-10-20-16/h4-8,10-11,25H,3,9,12-14H2,1-2H3/t19-/m1/s1. The van der Waals surface area contributed by atoms with E-state index in [1.807, 2.05) is 30.0 Å². The third kappa shape index (κ3) is 3.94. The zero-order valence-corrected chi connectivity index (χ0v) is 15.1. The molecule has 138 valence electrons. The molecule has 1 fully saturated rings. The van der Waals surface area contributed by atoms with E-state index in [1.54, 1.807) is 31.6 Å². The van der Waals surface area contributed by atoms with Gasteiger partial charge in [-0.05, 0) is 37.6 Å². The SMILES string of the molecule is CCOc1ncccc1C(=O)N(C)C[C@]1(O)CCN(c2ccccn2)C1. The van der Waals surface area contributed by atoms with E-state index < -0.39 is 5.60 Å². The van der Waals surface area contributed by atoms with Crippen molar-refractivity contribution < 1.29 is 14.6 Å². The number of aliphatic hydroxyl groups is 1. The average Bonchev–Trinajstić information content (AvgIpc) is 3.04. The predicted molar refractivity (Wildman–Crippen MR) is 98.4 cm³/mol. The summed E-state index contributed by atoms with van der Waals surface area (Å²) in [5.74, 6) is 0.940. The molecule has 0 bridgehead atoms. The summed E-state index contributed by atoms with van der Waals surface area (Å²) in [7, 11) is 1.69. The molecule has 7 nitrogen and oxygen atoms in total. The second-order valence-corrected chi connectivity index (χ2v) is 6.53. The number of β-amino-alcohol motifs (C(OH)–C–C–N with tert-alkyl or cyclic N) is 1. The number of likely N-dealkylation sites (N-methyl/N-ethyl adjacent to an activating group) is 1. The number of carbonyl (C=O) groups excluding carboxylic acids is 1. The molecule has 3 rings (SSSR count). The molecule has 1 saturated heterocycles. The van der Waals surface area contributed by atoms with E-state index in [2.05, 4.69) is 9.97 Å². The average molecular weight is 356 g/mol. The molecule has 0 saturated carbocycles. The van der Waals surface area contributed by atoms with Gasteiger partial charge in [-0.2, -0.15) is 0 Å². The lowest BCUT2D eigenvalue weighted by Crippen LogP contribution is -2.46. The monoisotopic (exact) mass is 356 g/mol. The summed E-state index contributed by atoms with van der Waals surface area (Å²) in [4.78, 5) is 24.8. The molecule has 2 aromatic rings. The first-order valence-corrected chi connectivity index (χ1v) is 8.74. The number of anilines is 1. The number of hydrogen-bond donors (Lipinski definition) is 1. The van der Waals surface area contributed by atoms with Crippen molar-refractivity contribution in [1.29, 1.82) is 0 Å². The van der Waals surface area contributed by atoms with Gasteiger partial charge in [0.05, 0.1) is 13.2 Å². The van der Waals surface area contributed by atoms with Gasteiger partial charge in [-0.1, -0.05) is 6.07 Å². The normalized spacial score (nSPS) is 19.4. The van der Waals surface area contributed by atoms with Crippen molar-refractivity contribution in [2.45, 2.75) is 18.9 Å². The second kappa shape index (κ2) is 7.70. The van der Waals surface area contributed by atoms with Gasteiger partial charge in [-0.3, -0.25) is 4.79 Å². The Hall–Kier alpha value is -2.67. The Kier molecular flexibility index (Phi) is 5.37. The Morgan fingerprint density at radius 3 is 2.85 bits per heavy atom. The minimum atomic E-state index is -0.976. The van der Waals surface area contributed by atoms with Crippen LogP contribution in [-0.4, -0.2) is 64.8 Å². The number of rotatable bonds is 6. The van der Waals surface area contributed by atoms with E-state index in [1.165, 1.54) is 4.90 Å². The van der Waals surface area contributed by atoms with Gasteiger partial charge in [0.25, 0.3) is 5.91 Å². The zero-order chi connectivity index (χ0) is 18.6. The number of ether oxygens (including phenoxy) is 1. The minimum absolute atomic E-state index is 0.216. The van der Waals surface area contributed by atoms with Crippen LogP contribution in [0.15, 0.2) is 42.7 Å². The Labute approximate surface area is 153 Å². The number of carbonyl (C=O) groups is 1. The van der Waals surface area contributed by atoms with Crippen LogP contribution in [0, 0.1) is 0 Å². The molecular weight excluding hydrogens is 332 g/mol. The van der Waals surface area contributed by atoms with Crippen LogP contribution in [0.4, 0.5) is 5.82 Å². The maximum Gasteiger partial charge on any atom is 0.259 e. The van der Waals surface area contributed by atoms with E-state index in [0.29, 0.717) is 37.6 Å². The largest absolute Gasteiger partial charge is 0.477 e. The van der Waals surface area contributed by atoms with E-state index in [4.69, 9.17) is 4.74 Å². The molecule has 1 atom stereocenters. The van der Waals surface area contributed by atoms with Crippen molar-refractivity contribution in [2.75, 3.05) is 38.2 Å². The topological polar surface area (TPSA) is 78.8 Å². The predicted octanol–water partition coefficient (Wildman–Crippen LogP) is 1.59. The molecule has 1 aliphatic heterocycles. The first-order valence-electron chi connectivity index (χ1n) is 8.74. The third-order valence-electron chi connectivity index (χ3n) is 4.47. The van der Waals surface area contributed by atoms with Crippen molar-refractivity contribution in [3.05, 3.63) is 48.3 Å². The van der Waals surface area contributed by atoms with Gasteiger partial charge in [0.1, 0.15) is 17.0 Å². The van der Waals surface area contributed by atoms with Gasteiger partial charge in [-0.15, -0.1) is 0 Å². The van der Waals surface area contributed by atoms with Crippen molar-refractivity contribution in [3.63, 3.8) is 0 Å². The van der Waals surface area contributed by atoms with Crippen molar-refractivity contribution in [1.82, 2.24) is 14.9 Å². The zero-order valence-electron chi connectivity index (χ0n) is 15.1. The summed E-state index contributed by atoms with van der Waals surface area (Å²) < 4.78 is 5.44. The molecule has 7 heteroatoms. The van der Waals surface area contributed by atoms with Gasteiger partial charge in [-0.25, -0.2) is 9.97 Å². The molecule has 0 spiro atoms. The fourth-order valence-electron chi connectivity index (χ4n) is 3.25. The van der Waals surface area contributed by atoms with Gasteiger partial charge < -0.3 is 19.6 Å². The molecule has 0 aromatic carbocycles. The molecule has 1 aliphatic rings. The lowest BCUT2D eigenvalue weighted by molar-refractivity contribution is 0.0262. The maximum atomic E-state index is 12.8. The van der Waals surface area contributed by atoms with Crippen molar-refractivity contribution in [3.8, 4) is 5.88 Å². The lowest BCUT2D eigenvalue weighted by Gasteiger charge is -2.29. The van der Waals surface area contributed by atoms with Gasteiger partial charge in [0, 0.05) is 32.5 Å².